The van der Waals surface area contributed by atoms with Crippen molar-refractivity contribution in [3.63, 3.8) is 0 Å². The van der Waals surface area contributed by atoms with Gasteiger partial charge in [-0.2, -0.15) is 0 Å². The Labute approximate surface area is 136 Å². The maximum Gasteiger partial charge on any atom is 0.228 e. The van der Waals surface area contributed by atoms with Crippen LogP contribution in [0, 0.1) is 11.8 Å². The van der Waals surface area contributed by atoms with Crippen LogP contribution in [0.15, 0.2) is 35.4 Å². The number of anilines is 1. The highest BCUT2D eigenvalue weighted by Crippen LogP contribution is 2.34. The second-order valence-corrected chi connectivity index (χ2v) is 5.95. The summed E-state index contributed by atoms with van der Waals surface area (Å²) in [7, 11) is 0. The molecule has 1 aromatic rings. The van der Waals surface area contributed by atoms with Gasteiger partial charge in [0.15, 0.2) is 0 Å². The van der Waals surface area contributed by atoms with Crippen molar-refractivity contribution < 1.29 is 19.4 Å². The highest BCUT2D eigenvalue weighted by molar-refractivity contribution is 5.95. The number of allylic oxidation sites excluding steroid dienone is 2. The van der Waals surface area contributed by atoms with Crippen LogP contribution >= 0.6 is 0 Å². The van der Waals surface area contributed by atoms with Crippen LogP contribution in [-0.2, 0) is 9.59 Å². The molecule has 0 fully saturated rings. The van der Waals surface area contributed by atoms with E-state index in [0.29, 0.717) is 25.1 Å². The fourth-order valence-electron chi connectivity index (χ4n) is 2.85. The highest BCUT2D eigenvalue weighted by Gasteiger charge is 2.33. The van der Waals surface area contributed by atoms with Crippen LogP contribution < -0.4 is 15.2 Å². The molecule has 1 N–H and O–H groups in total. The normalized spacial score (nSPS) is 21.0. The van der Waals surface area contributed by atoms with Crippen LogP contribution in [0.5, 0.6) is 5.75 Å². The lowest BCUT2D eigenvalue weighted by molar-refractivity contribution is -0.313. The summed E-state index contributed by atoms with van der Waals surface area (Å²) in [6.45, 7) is 6.33. The van der Waals surface area contributed by atoms with E-state index in [0.717, 1.165) is 16.9 Å². The number of carbonyl (C=O) groups excluding carboxylic acids is 2. The maximum atomic E-state index is 12.5. The largest absolute Gasteiger partial charge is 0.550 e. The van der Waals surface area contributed by atoms with E-state index in [2.05, 4.69) is 5.32 Å². The molecule has 5 nitrogen and oxygen atoms in total. The van der Waals surface area contributed by atoms with E-state index in [1.54, 1.807) is 24.3 Å². The predicted molar refractivity (Wildman–Crippen MR) is 85.8 cm³/mol. The first kappa shape index (κ1) is 17.1. The molecule has 5 heteroatoms. The number of aliphatic carboxylic acids is 1. The zero-order valence-electron chi connectivity index (χ0n) is 13.7. The van der Waals surface area contributed by atoms with Gasteiger partial charge in [0.25, 0.3) is 0 Å². The summed E-state index contributed by atoms with van der Waals surface area (Å²) < 4.78 is 5.35. The molecular formula is C18H22NO4-. The SMILES string of the molecule is CCOc1ccc(NC(=O)[C@@H]2CC(C)=C(C)C[C@@H]2C(=O)[O-])cc1. The van der Waals surface area contributed by atoms with E-state index < -0.39 is 17.8 Å². The Morgan fingerprint density at radius 3 is 2.22 bits per heavy atom. The summed E-state index contributed by atoms with van der Waals surface area (Å²) in [5, 5.41) is 14.2. The zero-order chi connectivity index (χ0) is 17.0. The van der Waals surface area contributed by atoms with Crippen LogP contribution in [0.25, 0.3) is 0 Å². The first-order valence-corrected chi connectivity index (χ1v) is 7.82. The number of carboxylic acids is 1. The smallest absolute Gasteiger partial charge is 0.228 e. The Hall–Kier alpha value is -2.30. The first-order chi connectivity index (χ1) is 10.9. The Morgan fingerprint density at radius 1 is 1.13 bits per heavy atom. The lowest BCUT2D eigenvalue weighted by atomic mass is 9.76. The number of nitrogens with one attached hydrogen (secondary N) is 1. The van der Waals surface area contributed by atoms with Crippen LogP contribution in [0.4, 0.5) is 5.69 Å². The summed E-state index contributed by atoms with van der Waals surface area (Å²) in [5.74, 6) is -2.10. The summed E-state index contributed by atoms with van der Waals surface area (Å²) in [6.07, 6.45) is 0.822. The van der Waals surface area contributed by atoms with Crippen LogP contribution in [0.2, 0.25) is 0 Å². The molecule has 23 heavy (non-hydrogen) atoms. The fraction of sp³-hybridized carbons (Fsp3) is 0.444. The number of hydrogen-bond donors (Lipinski definition) is 1. The third-order valence-electron chi connectivity index (χ3n) is 4.34. The van der Waals surface area contributed by atoms with Crippen LogP contribution in [0.1, 0.15) is 33.6 Å². The van der Waals surface area contributed by atoms with Crippen molar-refractivity contribution >= 4 is 17.6 Å². The number of hydrogen-bond acceptors (Lipinski definition) is 4. The summed E-state index contributed by atoms with van der Waals surface area (Å²) >= 11 is 0. The van der Waals surface area contributed by atoms with E-state index in [9.17, 15) is 14.7 Å². The minimum atomic E-state index is -1.16. The van der Waals surface area contributed by atoms with E-state index >= 15 is 0 Å². The molecule has 1 aliphatic carbocycles. The number of ether oxygens (including phenoxy) is 1. The number of carboxylic acid groups (broad SMARTS) is 1. The Morgan fingerprint density at radius 2 is 1.70 bits per heavy atom. The zero-order valence-corrected chi connectivity index (χ0v) is 13.7. The molecule has 0 radical (unpaired) electrons. The van der Waals surface area contributed by atoms with Crippen molar-refractivity contribution in [1.29, 1.82) is 0 Å². The van der Waals surface area contributed by atoms with Gasteiger partial charge < -0.3 is 20.0 Å². The molecule has 1 amide bonds. The fourth-order valence-corrected chi connectivity index (χ4v) is 2.85. The summed E-state index contributed by atoms with van der Waals surface area (Å²) in [5.41, 5.74) is 2.73. The molecule has 124 valence electrons. The summed E-state index contributed by atoms with van der Waals surface area (Å²) in [6, 6.07) is 7.03. The van der Waals surface area contributed by atoms with Gasteiger partial charge in [0, 0.05) is 17.6 Å². The average Bonchev–Trinajstić information content (AvgIpc) is 2.51. The van der Waals surface area contributed by atoms with Crippen molar-refractivity contribution in [2.45, 2.75) is 33.6 Å². The highest BCUT2D eigenvalue weighted by atomic mass is 16.5. The molecule has 0 aliphatic heterocycles. The Kier molecular flexibility index (Phi) is 5.42. The Bertz CT molecular complexity index is 618. The molecule has 0 saturated heterocycles. The molecule has 1 aliphatic rings. The standard InChI is InChI=1S/C18H23NO4/c1-4-23-14-7-5-13(6-8-14)19-17(20)15-9-11(2)12(3)10-16(15)18(21)22/h5-8,15-16H,4,9-10H2,1-3H3,(H,19,20)(H,21,22)/p-1/t15-,16+/m1/s1. The van der Waals surface area contributed by atoms with Crippen molar-refractivity contribution in [1.82, 2.24) is 0 Å². The maximum absolute atomic E-state index is 12.5. The molecule has 2 rings (SSSR count). The van der Waals surface area contributed by atoms with Crippen molar-refractivity contribution in [3.8, 4) is 5.75 Å². The third kappa shape index (κ3) is 4.12. The molecule has 0 bridgehead atoms. The van der Waals surface area contributed by atoms with Gasteiger partial charge in [-0.15, -0.1) is 0 Å². The van der Waals surface area contributed by atoms with Crippen molar-refractivity contribution in [3.05, 3.63) is 35.4 Å². The van der Waals surface area contributed by atoms with Gasteiger partial charge in [-0.25, -0.2) is 0 Å². The third-order valence-corrected chi connectivity index (χ3v) is 4.34. The minimum absolute atomic E-state index is 0.282. The monoisotopic (exact) mass is 316 g/mol. The topological polar surface area (TPSA) is 78.5 Å². The van der Waals surface area contributed by atoms with E-state index in [1.165, 1.54) is 0 Å². The summed E-state index contributed by atoms with van der Waals surface area (Å²) in [4.78, 5) is 23.8. The van der Waals surface area contributed by atoms with E-state index in [4.69, 9.17) is 4.74 Å². The predicted octanol–water partition coefficient (Wildman–Crippen LogP) is 2.14. The van der Waals surface area contributed by atoms with Gasteiger partial charge in [-0.3, -0.25) is 4.79 Å². The first-order valence-electron chi connectivity index (χ1n) is 7.82. The minimum Gasteiger partial charge on any atom is -0.550 e. The second kappa shape index (κ2) is 7.31. The second-order valence-electron chi connectivity index (χ2n) is 5.95. The number of benzene rings is 1. The van der Waals surface area contributed by atoms with Gasteiger partial charge in [0.05, 0.1) is 12.5 Å². The molecule has 0 heterocycles. The molecular weight excluding hydrogens is 294 g/mol. The average molecular weight is 316 g/mol. The lowest BCUT2D eigenvalue weighted by Crippen LogP contribution is -2.42. The van der Waals surface area contributed by atoms with Crippen molar-refractivity contribution in [2.75, 3.05) is 11.9 Å². The van der Waals surface area contributed by atoms with Gasteiger partial charge in [-0.1, -0.05) is 11.1 Å². The molecule has 0 spiro atoms. The van der Waals surface area contributed by atoms with Crippen molar-refractivity contribution in [2.24, 2.45) is 11.8 Å². The van der Waals surface area contributed by atoms with E-state index in [-0.39, 0.29) is 5.91 Å². The van der Waals surface area contributed by atoms with Gasteiger partial charge in [-0.05, 0) is 57.9 Å². The number of rotatable bonds is 5. The molecule has 0 saturated carbocycles. The van der Waals surface area contributed by atoms with Crippen LogP contribution in [0.3, 0.4) is 0 Å². The van der Waals surface area contributed by atoms with Gasteiger partial charge >= 0.3 is 0 Å². The van der Waals surface area contributed by atoms with E-state index in [1.807, 2.05) is 20.8 Å². The quantitative estimate of drug-likeness (QED) is 0.844. The number of carbonyl (C=O) groups is 2. The molecule has 1 aromatic carbocycles. The molecule has 2 atom stereocenters. The lowest BCUT2D eigenvalue weighted by Gasteiger charge is -2.32. The van der Waals surface area contributed by atoms with Gasteiger partial charge in [0.2, 0.25) is 5.91 Å². The Balaban J connectivity index is 2.10. The van der Waals surface area contributed by atoms with Crippen LogP contribution in [-0.4, -0.2) is 18.5 Å². The number of amides is 1. The van der Waals surface area contributed by atoms with Gasteiger partial charge in [0.1, 0.15) is 5.75 Å². The molecule has 0 unspecified atom stereocenters. The molecule has 0 aromatic heterocycles.